The van der Waals surface area contributed by atoms with Gasteiger partial charge in [0.25, 0.3) is 11.1 Å². The van der Waals surface area contributed by atoms with Crippen LogP contribution < -0.4 is 4.74 Å². The first-order valence-corrected chi connectivity index (χ1v) is 11.3. The van der Waals surface area contributed by atoms with E-state index in [4.69, 9.17) is 9.47 Å². The smallest absolute Gasteiger partial charge is 0.329 e. The second-order valence-electron chi connectivity index (χ2n) is 6.73. The van der Waals surface area contributed by atoms with Gasteiger partial charge in [-0.15, -0.1) is 0 Å². The van der Waals surface area contributed by atoms with E-state index in [0.29, 0.717) is 21.3 Å². The molecule has 32 heavy (non-hydrogen) atoms. The van der Waals surface area contributed by atoms with Crippen molar-refractivity contribution in [2.24, 2.45) is 0 Å². The number of ether oxygens (including phenoxy) is 2. The van der Waals surface area contributed by atoms with Gasteiger partial charge in [0.05, 0.1) is 27.6 Å². The zero-order valence-corrected chi connectivity index (χ0v) is 19.7. The highest BCUT2D eigenvalue weighted by Gasteiger charge is 2.41. The lowest BCUT2D eigenvalue weighted by Gasteiger charge is -2.19. The molecule has 1 unspecified atom stereocenters. The van der Waals surface area contributed by atoms with E-state index in [-0.39, 0.29) is 18.1 Å². The van der Waals surface area contributed by atoms with Gasteiger partial charge in [-0.3, -0.25) is 14.5 Å². The Morgan fingerprint density at radius 2 is 2.03 bits per heavy atom. The molecule has 0 N–H and O–H groups in total. The van der Waals surface area contributed by atoms with E-state index < -0.39 is 23.2 Å². The molecule has 0 aromatic heterocycles. The summed E-state index contributed by atoms with van der Waals surface area (Å²) in [5.74, 6) is -0.595. The zero-order chi connectivity index (χ0) is 23.3. The summed E-state index contributed by atoms with van der Waals surface area (Å²) in [5.41, 5.74) is 2.00. The monoisotopic (exact) mass is 514 g/mol. The lowest BCUT2D eigenvalue weighted by Crippen LogP contribution is -2.42. The topological polar surface area (TPSA) is 96.7 Å². The minimum absolute atomic E-state index is 0.166. The number of hydrogen-bond acceptors (Lipinski definition) is 7. The number of benzene rings is 2. The minimum Gasteiger partial charge on any atom is -0.488 e. The molecule has 7 nitrogen and oxygen atoms in total. The van der Waals surface area contributed by atoms with Gasteiger partial charge in [0.1, 0.15) is 18.4 Å². The first-order chi connectivity index (χ1) is 15.3. The summed E-state index contributed by atoms with van der Waals surface area (Å²) in [6, 6.07) is 13.6. The molecule has 0 aliphatic carbocycles. The highest BCUT2D eigenvalue weighted by Crippen LogP contribution is 2.35. The van der Waals surface area contributed by atoms with E-state index in [1.807, 2.05) is 12.1 Å². The number of thioether (sulfide) groups is 1. The Hall–Kier alpha value is -3.09. The minimum atomic E-state index is -0.993. The molecule has 3 rings (SSSR count). The average molecular weight is 515 g/mol. The number of nitrogens with zero attached hydrogens (tertiary/aromatic N) is 2. The average Bonchev–Trinajstić information content (AvgIpc) is 3.05. The normalized spacial score (nSPS) is 15.6. The van der Waals surface area contributed by atoms with Crippen LogP contribution in [0.3, 0.4) is 0 Å². The fourth-order valence-corrected chi connectivity index (χ4v) is 4.39. The first kappa shape index (κ1) is 23.6. The van der Waals surface area contributed by atoms with Crippen molar-refractivity contribution in [3.63, 3.8) is 0 Å². The van der Waals surface area contributed by atoms with Crippen LogP contribution in [0.5, 0.6) is 5.75 Å². The van der Waals surface area contributed by atoms with Crippen LogP contribution in [-0.2, 0) is 20.9 Å². The Morgan fingerprint density at radius 3 is 2.72 bits per heavy atom. The first-order valence-electron chi connectivity index (χ1n) is 9.69. The molecule has 164 valence electrons. The summed E-state index contributed by atoms with van der Waals surface area (Å²) in [6.45, 7) is 3.52. The third kappa shape index (κ3) is 5.21. The van der Waals surface area contributed by atoms with Crippen molar-refractivity contribution in [1.29, 1.82) is 5.26 Å². The van der Waals surface area contributed by atoms with Crippen LogP contribution in [0.25, 0.3) is 6.08 Å². The Balaban J connectivity index is 1.73. The van der Waals surface area contributed by atoms with E-state index in [9.17, 15) is 19.6 Å². The molecule has 1 heterocycles. The molecule has 0 bridgehead atoms. The molecule has 1 saturated heterocycles. The number of hydrogen-bond donors (Lipinski definition) is 0. The molecule has 0 saturated carbocycles. The van der Waals surface area contributed by atoms with Gasteiger partial charge in [0.15, 0.2) is 0 Å². The molecule has 0 spiro atoms. The van der Waals surface area contributed by atoms with Crippen molar-refractivity contribution in [2.75, 3.05) is 6.61 Å². The van der Waals surface area contributed by atoms with Crippen LogP contribution in [0.2, 0.25) is 0 Å². The number of halogens is 1. The van der Waals surface area contributed by atoms with Crippen LogP contribution in [0.1, 0.15) is 30.5 Å². The summed E-state index contributed by atoms with van der Waals surface area (Å²) in [4.78, 5) is 38.0. The quantitative estimate of drug-likeness (QED) is 0.383. The van der Waals surface area contributed by atoms with E-state index in [1.54, 1.807) is 43.3 Å². The molecule has 1 aliphatic rings. The van der Waals surface area contributed by atoms with Crippen molar-refractivity contribution >= 4 is 50.9 Å². The lowest BCUT2D eigenvalue weighted by atomic mass is 10.1. The SMILES string of the molecule is CCOC(=O)C(C)N1C(=O)SC(=Cc2ccc(OCc3ccccc3C#N)c(Br)c2)C1=O. The second-order valence-corrected chi connectivity index (χ2v) is 8.57. The third-order valence-corrected chi connectivity index (χ3v) is 6.12. The predicted molar refractivity (Wildman–Crippen MR) is 124 cm³/mol. The highest BCUT2D eigenvalue weighted by atomic mass is 79.9. The van der Waals surface area contributed by atoms with Crippen LogP contribution in [0, 0.1) is 11.3 Å². The van der Waals surface area contributed by atoms with E-state index in [0.717, 1.165) is 22.2 Å². The molecule has 1 atom stereocenters. The summed E-state index contributed by atoms with van der Waals surface area (Å²) in [5, 5.41) is 8.67. The van der Waals surface area contributed by atoms with E-state index in [2.05, 4.69) is 22.0 Å². The number of carbonyl (C=O) groups is 3. The lowest BCUT2D eigenvalue weighted by molar-refractivity contribution is -0.150. The molecule has 2 aromatic rings. The number of esters is 1. The largest absolute Gasteiger partial charge is 0.488 e. The molecular weight excluding hydrogens is 496 g/mol. The molecule has 2 aromatic carbocycles. The third-order valence-electron chi connectivity index (χ3n) is 4.61. The number of imide groups is 1. The van der Waals surface area contributed by atoms with Crippen molar-refractivity contribution in [3.05, 3.63) is 68.5 Å². The van der Waals surface area contributed by atoms with E-state index in [1.165, 1.54) is 6.92 Å². The maximum absolute atomic E-state index is 12.7. The standard InChI is InChI=1S/C23H19BrN2O5S/c1-3-30-22(28)14(2)26-21(27)20(32-23(26)29)11-15-8-9-19(18(24)10-15)31-13-17-7-5-4-6-16(17)12-25/h4-11,14H,3,13H2,1-2H3. The summed E-state index contributed by atoms with van der Waals surface area (Å²) < 4.78 is 11.4. The second kappa shape index (κ2) is 10.5. The summed E-state index contributed by atoms with van der Waals surface area (Å²) in [7, 11) is 0. The fourth-order valence-electron chi connectivity index (χ4n) is 2.97. The summed E-state index contributed by atoms with van der Waals surface area (Å²) >= 11 is 4.23. The van der Waals surface area contributed by atoms with E-state index >= 15 is 0 Å². The van der Waals surface area contributed by atoms with Crippen LogP contribution in [-0.4, -0.2) is 34.7 Å². The van der Waals surface area contributed by atoms with Gasteiger partial charge < -0.3 is 9.47 Å². The zero-order valence-electron chi connectivity index (χ0n) is 17.3. The number of nitriles is 1. The van der Waals surface area contributed by atoms with Gasteiger partial charge in [0.2, 0.25) is 0 Å². The Labute approximate surface area is 198 Å². The Morgan fingerprint density at radius 1 is 1.28 bits per heavy atom. The number of carbonyl (C=O) groups excluding carboxylic acids is 3. The van der Waals surface area contributed by atoms with Crippen molar-refractivity contribution < 1.29 is 23.9 Å². The number of rotatable bonds is 7. The molecule has 9 heteroatoms. The number of amides is 2. The molecule has 1 fully saturated rings. The van der Waals surface area contributed by atoms with Gasteiger partial charge in [-0.2, -0.15) is 5.26 Å². The van der Waals surface area contributed by atoms with Gasteiger partial charge in [-0.1, -0.05) is 24.3 Å². The summed E-state index contributed by atoms with van der Waals surface area (Å²) in [6.07, 6.45) is 1.59. The molecular formula is C23H19BrN2O5S. The highest BCUT2D eigenvalue weighted by molar-refractivity contribution is 9.10. The van der Waals surface area contributed by atoms with Gasteiger partial charge in [-0.05, 0) is 71.4 Å². The molecule has 2 amide bonds. The van der Waals surface area contributed by atoms with Crippen LogP contribution >= 0.6 is 27.7 Å². The Kier molecular flexibility index (Phi) is 7.72. The molecule has 1 aliphatic heterocycles. The molecule has 0 radical (unpaired) electrons. The van der Waals surface area contributed by atoms with Gasteiger partial charge >= 0.3 is 5.97 Å². The van der Waals surface area contributed by atoms with Crippen LogP contribution in [0.15, 0.2) is 51.8 Å². The van der Waals surface area contributed by atoms with Crippen molar-refractivity contribution in [1.82, 2.24) is 4.90 Å². The Bertz CT molecular complexity index is 1140. The van der Waals surface area contributed by atoms with Crippen molar-refractivity contribution in [2.45, 2.75) is 26.5 Å². The maximum Gasteiger partial charge on any atom is 0.329 e. The van der Waals surface area contributed by atoms with Crippen LogP contribution in [0.4, 0.5) is 4.79 Å². The van der Waals surface area contributed by atoms with Crippen molar-refractivity contribution in [3.8, 4) is 11.8 Å². The maximum atomic E-state index is 12.7. The predicted octanol–water partition coefficient (Wildman–Crippen LogP) is 4.89. The van der Waals surface area contributed by atoms with Gasteiger partial charge in [-0.25, -0.2) is 4.79 Å². The fraction of sp³-hybridized carbons (Fsp3) is 0.217. The van der Waals surface area contributed by atoms with Gasteiger partial charge in [0, 0.05) is 5.56 Å².